The summed E-state index contributed by atoms with van der Waals surface area (Å²) in [6, 6.07) is 22.3. The Morgan fingerprint density at radius 3 is 2.26 bits per heavy atom. The maximum Gasteiger partial charge on any atom is 0.240 e. The number of nitrogens with zero attached hydrogens (tertiary/aromatic N) is 2. The van der Waals surface area contributed by atoms with Crippen LogP contribution in [0.25, 0.3) is 10.9 Å². The number of hydrogen-bond donors (Lipinski definition) is 2. The molecule has 1 saturated heterocycles. The second-order valence-electron chi connectivity index (χ2n) is 11.2. The molecule has 1 aromatic heterocycles. The number of ether oxygens (including phenoxy) is 3. The minimum Gasteiger partial charge on any atom is -0.493 e. The highest BCUT2D eigenvalue weighted by Gasteiger charge is 2.56. The third kappa shape index (κ3) is 6.27. The average molecular weight is 581 g/mol. The Morgan fingerprint density at radius 1 is 0.837 bits per heavy atom. The molecule has 1 aliphatic heterocycles. The number of para-hydroxylation sites is 1. The number of rotatable bonds is 10. The van der Waals surface area contributed by atoms with E-state index >= 15 is 0 Å². The monoisotopic (exact) mass is 580 g/mol. The number of piperidine rings is 1. The second-order valence-corrected chi connectivity index (χ2v) is 11.2. The van der Waals surface area contributed by atoms with Gasteiger partial charge in [0.05, 0.1) is 19.7 Å². The molecule has 2 fully saturated rings. The van der Waals surface area contributed by atoms with Gasteiger partial charge in [0.2, 0.25) is 17.7 Å². The minimum absolute atomic E-state index is 0.257. The number of aromatic nitrogens is 1. The number of methoxy groups -OCH3 is 2. The molecule has 222 valence electrons. The second kappa shape index (κ2) is 12.3. The molecule has 0 atom stereocenters. The number of likely N-dealkylation sites (tertiary alicyclic amines) is 1. The molecule has 9 nitrogen and oxygen atoms in total. The van der Waals surface area contributed by atoms with Gasteiger partial charge in [0.25, 0.3) is 0 Å². The molecule has 0 unspecified atom stereocenters. The number of hydrogen-bond acceptors (Lipinski definition) is 7. The fraction of sp³-hybridized carbons (Fsp3) is 0.324. The van der Waals surface area contributed by atoms with E-state index in [-0.39, 0.29) is 11.8 Å². The van der Waals surface area contributed by atoms with Crippen LogP contribution in [-0.2, 0) is 16.1 Å². The van der Waals surface area contributed by atoms with Crippen LogP contribution in [0.4, 0.5) is 11.4 Å². The van der Waals surface area contributed by atoms with E-state index in [0.29, 0.717) is 47.2 Å². The highest BCUT2D eigenvalue weighted by molar-refractivity contribution is 6.17. The molecule has 0 spiro atoms. The predicted molar refractivity (Wildman–Crippen MR) is 166 cm³/mol. The van der Waals surface area contributed by atoms with Gasteiger partial charge in [-0.15, -0.1) is 0 Å². The summed E-state index contributed by atoms with van der Waals surface area (Å²) in [7, 11) is 3.18. The van der Waals surface area contributed by atoms with Gasteiger partial charge in [-0.25, -0.2) is 4.98 Å². The first-order valence-electron chi connectivity index (χ1n) is 14.7. The summed E-state index contributed by atoms with van der Waals surface area (Å²) in [5, 5.41) is 6.88. The summed E-state index contributed by atoms with van der Waals surface area (Å²) in [4.78, 5) is 33.7. The molecule has 2 amide bonds. The van der Waals surface area contributed by atoms with Gasteiger partial charge >= 0.3 is 0 Å². The fourth-order valence-corrected chi connectivity index (χ4v) is 5.53. The third-order valence-corrected chi connectivity index (χ3v) is 8.23. The lowest BCUT2D eigenvalue weighted by molar-refractivity contribution is -0.131. The Labute approximate surface area is 251 Å². The van der Waals surface area contributed by atoms with Crippen LogP contribution in [0.5, 0.6) is 23.1 Å². The molecule has 0 radical (unpaired) electrons. The number of nitrogens with one attached hydrogen (secondary N) is 2. The van der Waals surface area contributed by atoms with Crippen LogP contribution in [0.1, 0.15) is 37.7 Å². The smallest absolute Gasteiger partial charge is 0.240 e. The van der Waals surface area contributed by atoms with Crippen molar-refractivity contribution in [3.8, 4) is 23.1 Å². The largest absolute Gasteiger partial charge is 0.493 e. The standard InChI is InChI=1S/C34H36N4O5/c1-41-29-20-23-10-15-31(36-28(23)21-30(29)42-2)43-26-13-11-25(12-14-26)35-32(39)34(16-17-34)33(40)37-27-9-5-4-8-24(27)22-38-18-6-3-7-19-38/h4-5,8-15,20-21H,3,6-7,16-19,22H2,1-2H3,(H,35,39)(H,37,40). The zero-order valence-corrected chi connectivity index (χ0v) is 24.5. The van der Waals surface area contributed by atoms with E-state index in [1.165, 1.54) is 19.3 Å². The lowest BCUT2D eigenvalue weighted by Gasteiger charge is -2.27. The Kier molecular flexibility index (Phi) is 8.16. The summed E-state index contributed by atoms with van der Waals surface area (Å²) in [6.07, 6.45) is 4.72. The minimum atomic E-state index is -1.06. The number of carbonyl (C=O) groups excluding carboxylic acids is 2. The Balaban J connectivity index is 1.08. The molecular weight excluding hydrogens is 544 g/mol. The van der Waals surface area contributed by atoms with Crippen LogP contribution in [0.3, 0.4) is 0 Å². The Morgan fingerprint density at radius 2 is 1.53 bits per heavy atom. The van der Waals surface area contributed by atoms with Crippen LogP contribution in [0.2, 0.25) is 0 Å². The van der Waals surface area contributed by atoms with Gasteiger partial charge in [0.15, 0.2) is 11.5 Å². The SMILES string of the molecule is COc1cc2ccc(Oc3ccc(NC(=O)C4(C(=O)Nc5ccccc5CN5CCCCC5)CC4)cc3)nc2cc1OC. The van der Waals surface area contributed by atoms with E-state index in [4.69, 9.17) is 14.2 Å². The van der Waals surface area contributed by atoms with Crippen molar-refractivity contribution in [2.75, 3.05) is 37.9 Å². The highest BCUT2D eigenvalue weighted by atomic mass is 16.5. The van der Waals surface area contributed by atoms with Crippen LogP contribution in [-0.4, -0.2) is 49.0 Å². The lowest BCUT2D eigenvalue weighted by atomic mass is 10.0. The van der Waals surface area contributed by atoms with E-state index in [1.54, 1.807) is 50.6 Å². The Hall–Kier alpha value is -4.63. The molecule has 1 saturated carbocycles. The molecule has 2 N–H and O–H groups in total. The Bertz CT molecular complexity index is 1630. The first-order valence-corrected chi connectivity index (χ1v) is 14.7. The van der Waals surface area contributed by atoms with E-state index in [1.807, 2.05) is 30.3 Å². The maximum absolute atomic E-state index is 13.4. The molecule has 9 heteroatoms. The van der Waals surface area contributed by atoms with Gasteiger partial charge in [-0.2, -0.15) is 0 Å². The molecule has 0 bridgehead atoms. The van der Waals surface area contributed by atoms with Crippen molar-refractivity contribution in [3.63, 3.8) is 0 Å². The normalized spacial score (nSPS) is 15.9. The zero-order valence-electron chi connectivity index (χ0n) is 24.5. The number of pyridine rings is 1. The van der Waals surface area contributed by atoms with E-state index < -0.39 is 5.41 Å². The fourth-order valence-electron chi connectivity index (χ4n) is 5.53. The van der Waals surface area contributed by atoms with Crippen molar-refractivity contribution >= 4 is 34.1 Å². The quantitative estimate of drug-likeness (QED) is 0.210. The average Bonchev–Trinajstić information content (AvgIpc) is 3.85. The molecule has 6 rings (SSSR count). The molecule has 2 aliphatic rings. The van der Waals surface area contributed by atoms with Crippen LogP contribution in [0.15, 0.2) is 72.8 Å². The van der Waals surface area contributed by atoms with Crippen molar-refractivity contribution in [3.05, 3.63) is 78.4 Å². The van der Waals surface area contributed by atoms with Gasteiger partial charge in [-0.05, 0) is 86.8 Å². The molecule has 43 heavy (non-hydrogen) atoms. The summed E-state index contributed by atoms with van der Waals surface area (Å²) >= 11 is 0. The molecular formula is C34H36N4O5. The van der Waals surface area contributed by atoms with Gasteiger partial charge < -0.3 is 24.8 Å². The van der Waals surface area contributed by atoms with Crippen molar-refractivity contribution in [2.24, 2.45) is 5.41 Å². The van der Waals surface area contributed by atoms with Gasteiger partial charge in [-0.1, -0.05) is 24.6 Å². The van der Waals surface area contributed by atoms with Crippen molar-refractivity contribution in [1.82, 2.24) is 9.88 Å². The molecule has 1 aliphatic carbocycles. The number of anilines is 2. The highest BCUT2D eigenvalue weighted by Crippen LogP contribution is 2.47. The van der Waals surface area contributed by atoms with Gasteiger partial charge in [0, 0.05) is 35.4 Å². The number of fused-ring (bicyclic) bond motifs is 1. The van der Waals surface area contributed by atoms with Gasteiger partial charge in [-0.3, -0.25) is 14.5 Å². The predicted octanol–water partition coefficient (Wildman–Crippen LogP) is 6.39. The summed E-state index contributed by atoms with van der Waals surface area (Å²) in [5.41, 5.74) is 2.08. The maximum atomic E-state index is 13.4. The van der Waals surface area contributed by atoms with Crippen molar-refractivity contribution in [2.45, 2.75) is 38.6 Å². The zero-order chi connectivity index (χ0) is 29.8. The molecule has 2 heterocycles. The van der Waals surface area contributed by atoms with E-state index in [9.17, 15) is 9.59 Å². The molecule has 3 aromatic carbocycles. The van der Waals surface area contributed by atoms with Crippen LogP contribution < -0.4 is 24.8 Å². The first-order chi connectivity index (χ1) is 21.0. The number of carbonyl (C=O) groups is 2. The number of benzene rings is 3. The van der Waals surface area contributed by atoms with E-state index in [2.05, 4.69) is 26.6 Å². The van der Waals surface area contributed by atoms with Crippen molar-refractivity contribution in [1.29, 1.82) is 0 Å². The summed E-state index contributed by atoms with van der Waals surface area (Å²) < 4.78 is 16.7. The number of amides is 2. The summed E-state index contributed by atoms with van der Waals surface area (Å²) in [5.74, 6) is 1.65. The third-order valence-electron chi connectivity index (χ3n) is 8.23. The topological polar surface area (TPSA) is 102 Å². The van der Waals surface area contributed by atoms with Crippen LogP contribution in [0, 0.1) is 5.41 Å². The summed E-state index contributed by atoms with van der Waals surface area (Å²) in [6.45, 7) is 2.94. The lowest BCUT2D eigenvalue weighted by Crippen LogP contribution is -2.36. The molecule has 4 aromatic rings. The van der Waals surface area contributed by atoms with Crippen LogP contribution >= 0.6 is 0 Å². The van der Waals surface area contributed by atoms with E-state index in [0.717, 1.165) is 36.3 Å². The van der Waals surface area contributed by atoms with Gasteiger partial charge in [0.1, 0.15) is 11.2 Å². The van der Waals surface area contributed by atoms with Crippen molar-refractivity contribution < 1.29 is 23.8 Å². The first kappa shape index (κ1) is 28.5.